The van der Waals surface area contributed by atoms with Crippen molar-refractivity contribution in [1.29, 1.82) is 0 Å². The van der Waals surface area contributed by atoms with Crippen LogP contribution in [0.5, 0.6) is 17.2 Å². The number of rotatable bonds is 8. The minimum Gasteiger partial charge on any atom is -0.493 e. The van der Waals surface area contributed by atoms with Gasteiger partial charge in [-0.15, -0.1) is 0 Å². The molecular formula is C28H28FNO6. The van der Waals surface area contributed by atoms with Crippen LogP contribution in [0.3, 0.4) is 0 Å². The van der Waals surface area contributed by atoms with E-state index in [2.05, 4.69) is 0 Å². The van der Waals surface area contributed by atoms with E-state index in [4.69, 9.17) is 18.9 Å². The number of ether oxygens (including phenoxy) is 4. The van der Waals surface area contributed by atoms with Gasteiger partial charge in [0.1, 0.15) is 18.2 Å². The maximum atomic E-state index is 13.9. The highest BCUT2D eigenvalue weighted by Gasteiger charge is 2.33. The molecule has 188 valence electrons. The zero-order valence-electron chi connectivity index (χ0n) is 20.5. The summed E-state index contributed by atoms with van der Waals surface area (Å²) in [7, 11) is 3.13. The molecule has 1 heterocycles. The van der Waals surface area contributed by atoms with E-state index >= 15 is 0 Å². The Bertz CT molecular complexity index is 1240. The Labute approximate surface area is 209 Å². The summed E-state index contributed by atoms with van der Waals surface area (Å²) in [5.41, 5.74) is 2.57. The number of halogens is 1. The van der Waals surface area contributed by atoms with E-state index < -0.39 is 17.8 Å². The van der Waals surface area contributed by atoms with Crippen LogP contribution in [0.1, 0.15) is 44.8 Å². The van der Waals surface area contributed by atoms with Crippen LogP contribution in [0.25, 0.3) is 0 Å². The predicted molar refractivity (Wildman–Crippen MR) is 131 cm³/mol. The third kappa shape index (κ3) is 5.27. The van der Waals surface area contributed by atoms with Crippen molar-refractivity contribution in [3.05, 3.63) is 88.7 Å². The van der Waals surface area contributed by atoms with Gasteiger partial charge in [0.2, 0.25) is 0 Å². The van der Waals surface area contributed by atoms with E-state index in [9.17, 15) is 14.0 Å². The highest BCUT2D eigenvalue weighted by molar-refractivity contribution is 5.94. The molecule has 0 aliphatic carbocycles. The van der Waals surface area contributed by atoms with Gasteiger partial charge >= 0.3 is 5.97 Å². The first kappa shape index (κ1) is 25.0. The fourth-order valence-electron chi connectivity index (χ4n) is 4.32. The van der Waals surface area contributed by atoms with E-state index in [1.165, 1.54) is 18.2 Å². The van der Waals surface area contributed by atoms with E-state index in [1.54, 1.807) is 56.4 Å². The normalized spacial score (nSPS) is 14.6. The lowest BCUT2D eigenvalue weighted by atomic mass is 9.91. The molecule has 0 N–H and O–H groups in total. The molecule has 0 saturated carbocycles. The third-order valence-corrected chi connectivity index (χ3v) is 6.11. The first-order valence-electron chi connectivity index (χ1n) is 11.7. The maximum absolute atomic E-state index is 13.9. The quantitative estimate of drug-likeness (QED) is 0.418. The fraction of sp³-hybridized carbons (Fsp3) is 0.286. The molecule has 0 fully saturated rings. The first-order chi connectivity index (χ1) is 17.4. The van der Waals surface area contributed by atoms with Gasteiger partial charge in [-0.1, -0.05) is 6.07 Å². The maximum Gasteiger partial charge on any atom is 0.338 e. The summed E-state index contributed by atoms with van der Waals surface area (Å²) < 4.78 is 35.9. The molecule has 0 radical (unpaired) electrons. The lowest BCUT2D eigenvalue weighted by molar-refractivity contribution is 0.0524. The molecule has 0 spiro atoms. The van der Waals surface area contributed by atoms with Crippen molar-refractivity contribution in [3.63, 3.8) is 0 Å². The summed E-state index contributed by atoms with van der Waals surface area (Å²) >= 11 is 0. The number of carbonyl (C=O) groups is 2. The lowest BCUT2D eigenvalue weighted by Crippen LogP contribution is -2.42. The Morgan fingerprint density at radius 2 is 1.69 bits per heavy atom. The van der Waals surface area contributed by atoms with E-state index in [0.717, 1.165) is 11.1 Å². The average molecular weight is 494 g/mol. The van der Waals surface area contributed by atoms with Crippen molar-refractivity contribution >= 4 is 11.9 Å². The molecule has 1 unspecified atom stereocenters. The molecule has 3 aromatic rings. The number of amides is 1. The van der Waals surface area contributed by atoms with Crippen molar-refractivity contribution in [2.24, 2.45) is 0 Å². The number of hydrogen-bond donors (Lipinski definition) is 0. The van der Waals surface area contributed by atoms with Crippen molar-refractivity contribution in [2.75, 3.05) is 34.0 Å². The van der Waals surface area contributed by atoms with Crippen LogP contribution in [0.4, 0.5) is 4.39 Å². The SMILES string of the molecule is CCOC(=O)c1ccc(OCC2c3cc(OC)c(OC)cc3CCN2C(=O)c2cccc(F)c2)cc1. The van der Waals surface area contributed by atoms with Crippen LogP contribution >= 0.6 is 0 Å². The summed E-state index contributed by atoms with van der Waals surface area (Å²) in [6, 6.07) is 15.6. The molecule has 3 aromatic carbocycles. The molecule has 8 heteroatoms. The number of fused-ring (bicyclic) bond motifs is 1. The van der Waals surface area contributed by atoms with Gasteiger partial charge in [-0.25, -0.2) is 9.18 Å². The van der Waals surface area contributed by atoms with Crippen LogP contribution in [-0.2, 0) is 11.2 Å². The number of nitrogens with zero attached hydrogens (tertiary/aromatic N) is 1. The van der Waals surface area contributed by atoms with Gasteiger partial charge in [0.25, 0.3) is 5.91 Å². The molecule has 0 saturated heterocycles. The predicted octanol–water partition coefficient (Wildman–Crippen LogP) is 4.84. The second kappa shape index (κ2) is 11.1. The minimum atomic E-state index is -0.473. The number of benzene rings is 3. The molecule has 1 aliphatic rings. The van der Waals surface area contributed by atoms with Crippen molar-refractivity contribution < 1.29 is 32.9 Å². The van der Waals surface area contributed by atoms with Crippen LogP contribution in [0, 0.1) is 5.82 Å². The fourth-order valence-corrected chi connectivity index (χ4v) is 4.32. The van der Waals surface area contributed by atoms with E-state index in [1.807, 2.05) is 12.1 Å². The highest BCUT2D eigenvalue weighted by Crippen LogP contribution is 2.39. The van der Waals surface area contributed by atoms with Crippen LogP contribution in [0.2, 0.25) is 0 Å². The largest absolute Gasteiger partial charge is 0.493 e. The Morgan fingerprint density at radius 3 is 2.36 bits per heavy atom. The number of esters is 1. The standard InChI is InChI=1S/C28H28FNO6/c1-4-35-28(32)18-8-10-22(11-9-18)36-17-24-23-16-26(34-3)25(33-2)15-19(23)12-13-30(24)27(31)20-6-5-7-21(29)14-20/h5-11,14-16,24H,4,12-13,17H2,1-3H3. The van der Waals surface area contributed by atoms with E-state index in [0.29, 0.717) is 42.4 Å². The van der Waals surface area contributed by atoms with Gasteiger partial charge in [0.15, 0.2) is 11.5 Å². The van der Waals surface area contributed by atoms with Gasteiger partial charge in [-0.05, 0) is 79.1 Å². The summed E-state index contributed by atoms with van der Waals surface area (Å²) in [6.45, 7) is 2.61. The zero-order chi connectivity index (χ0) is 25.7. The monoisotopic (exact) mass is 493 g/mol. The molecule has 1 amide bonds. The van der Waals surface area contributed by atoms with E-state index in [-0.39, 0.29) is 18.1 Å². The van der Waals surface area contributed by atoms with Crippen molar-refractivity contribution in [3.8, 4) is 17.2 Å². The molecule has 1 aliphatic heterocycles. The summed E-state index contributed by atoms with van der Waals surface area (Å²) in [5, 5.41) is 0. The molecule has 0 bridgehead atoms. The van der Waals surface area contributed by atoms with Crippen LogP contribution < -0.4 is 14.2 Å². The first-order valence-corrected chi connectivity index (χ1v) is 11.7. The average Bonchev–Trinajstić information content (AvgIpc) is 2.90. The highest BCUT2D eigenvalue weighted by atomic mass is 19.1. The van der Waals surface area contributed by atoms with Crippen molar-refractivity contribution in [2.45, 2.75) is 19.4 Å². The van der Waals surface area contributed by atoms with Gasteiger partial charge in [-0.3, -0.25) is 4.79 Å². The number of hydrogen-bond acceptors (Lipinski definition) is 6. The van der Waals surface area contributed by atoms with Crippen molar-refractivity contribution in [1.82, 2.24) is 4.90 Å². The molecule has 7 nitrogen and oxygen atoms in total. The second-order valence-electron chi connectivity index (χ2n) is 8.24. The summed E-state index contributed by atoms with van der Waals surface area (Å²) in [6.07, 6.45) is 0.599. The second-order valence-corrected chi connectivity index (χ2v) is 8.24. The zero-order valence-corrected chi connectivity index (χ0v) is 20.5. The van der Waals surface area contributed by atoms with Gasteiger partial charge < -0.3 is 23.8 Å². The molecule has 4 rings (SSSR count). The summed E-state index contributed by atoms with van der Waals surface area (Å²) in [4.78, 5) is 27.1. The van der Waals surface area contributed by atoms with Gasteiger partial charge in [0.05, 0.1) is 32.4 Å². The third-order valence-electron chi connectivity index (χ3n) is 6.11. The van der Waals surface area contributed by atoms with Crippen LogP contribution in [-0.4, -0.2) is 50.8 Å². The Kier molecular flexibility index (Phi) is 7.73. The minimum absolute atomic E-state index is 0.141. The molecule has 0 aromatic heterocycles. The van der Waals surface area contributed by atoms with Crippen LogP contribution in [0.15, 0.2) is 60.7 Å². The van der Waals surface area contributed by atoms with Gasteiger partial charge in [-0.2, -0.15) is 0 Å². The lowest BCUT2D eigenvalue weighted by Gasteiger charge is -2.37. The Hall–Kier alpha value is -4.07. The molecule has 1 atom stereocenters. The Balaban J connectivity index is 1.64. The number of carbonyl (C=O) groups excluding carboxylic acids is 2. The summed E-state index contributed by atoms with van der Waals surface area (Å²) in [5.74, 6) is 0.516. The topological polar surface area (TPSA) is 74.3 Å². The smallest absolute Gasteiger partial charge is 0.338 e. The number of methoxy groups -OCH3 is 2. The molecular weight excluding hydrogens is 465 g/mol. The Morgan fingerprint density at radius 1 is 0.972 bits per heavy atom. The molecule has 36 heavy (non-hydrogen) atoms. The van der Waals surface area contributed by atoms with Gasteiger partial charge in [0, 0.05) is 12.1 Å².